The Labute approximate surface area is 136 Å². The van der Waals surface area contributed by atoms with Crippen molar-refractivity contribution in [1.82, 2.24) is 10.2 Å². The van der Waals surface area contributed by atoms with Crippen molar-refractivity contribution < 1.29 is 0 Å². The number of thioether (sulfide) groups is 1. The van der Waals surface area contributed by atoms with Gasteiger partial charge in [-0.25, -0.2) is 0 Å². The van der Waals surface area contributed by atoms with Crippen LogP contribution in [0.2, 0.25) is 0 Å². The zero-order chi connectivity index (χ0) is 15.3. The van der Waals surface area contributed by atoms with Crippen LogP contribution in [0.25, 0.3) is 0 Å². The predicted octanol–water partition coefficient (Wildman–Crippen LogP) is 4.44. The second-order valence-corrected chi connectivity index (χ2v) is 7.07. The largest absolute Gasteiger partial charge is 0.315 e. The fourth-order valence-corrected chi connectivity index (χ4v) is 3.53. The third-order valence-electron chi connectivity index (χ3n) is 4.06. The Hall–Kier alpha value is -0.250. The molecule has 1 rings (SSSR count). The maximum absolute atomic E-state index is 3.60. The molecule has 0 radical (unpaired) electrons. The number of nitrogens with zero attached hydrogens (tertiary/aromatic N) is 1. The molecule has 0 saturated heterocycles. The van der Waals surface area contributed by atoms with Crippen molar-refractivity contribution >= 4 is 11.8 Å². The average Bonchev–Trinajstić information content (AvgIpc) is 2.53. The lowest BCUT2D eigenvalue weighted by atomic mass is 10.2. The Morgan fingerprint density at radius 3 is 2.81 bits per heavy atom. The van der Waals surface area contributed by atoms with E-state index in [-0.39, 0.29) is 0 Å². The SMILES string of the molecule is CCCN(CCNCCCSC1=CC=CCC1)C(C)CC. The predicted molar refractivity (Wildman–Crippen MR) is 98.0 cm³/mol. The Kier molecular flexibility index (Phi) is 11.0. The molecule has 1 unspecified atom stereocenters. The molecule has 2 nitrogen and oxygen atoms in total. The molecule has 0 fully saturated rings. The highest BCUT2D eigenvalue weighted by Gasteiger charge is 2.09. The first-order valence-corrected chi connectivity index (χ1v) is 9.69. The highest BCUT2D eigenvalue weighted by Crippen LogP contribution is 2.24. The van der Waals surface area contributed by atoms with Gasteiger partial charge in [-0.1, -0.05) is 32.1 Å². The van der Waals surface area contributed by atoms with Gasteiger partial charge in [0.25, 0.3) is 0 Å². The summed E-state index contributed by atoms with van der Waals surface area (Å²) in [7, 11) is 0. The molecule has 0 aromatic carbocycles. The van der Waals surface area contributed by atoms with Gasteiger partial charge in [0.15, 0.2) is 0 Å². The number of nitrogens with one attached hydrogen (secondary N) is 1. The third-order valence-corrected chi connectivity index (χ3v) is 5.27. The van der Waals surface area contributed by atoms with Gasteiger partial charge in [0, 0.05) is 19.1 Å². The molecule has 122 valence electrons. The molecular weight excluding hydrogens is 276 g/mol. The Balaban J connectivity index is 2.00. The summed E-state index contributed by atoms with van der Waals surface area (Å²) in [5.74, 6) is 1.25. The van der Waals surface area contributed by atoms with Crippen LogP contribution >= 0.6 is 11.8 Å². The van der Waals surface area contributed by atoms with E-state index < -0.39 is 0 Å². The first-order valence-electron chi connectivity index (χ1n) is 8.71. The maximum Gasteiger partial charge on any atom is 0.0110 e. The highest BCUT2D eigenvalue weighted by atomic mass is 32.2. The summed E-state index contributed by atoms with van der Waals surface area (Å²) in [4.78, 5) is 4.17. The van der Waals surface area contributed by atoms with Crippen LogP contribution in [-0.4, -0.2) is 42.9 Å². The summed E-state index contributed by atoms with van der Waals surface area (Å²) in [6.45, 7) is 11.6. The first kappa shape index (κ1) is 18.8. The van der Waals surface area contributed by atoms with E-state index in [4.69, 9.17) is 0 Å². The van der Waals surface area contributed by atoms with Crippen LogP contribution in [0, 0.1) is 0 Å². The van der Waals surface area contributed by atoms with E-state index in [0.29, 0.717) is 6.04 Å². The molecule has 21 heavy (non-hydrogen) atoms. The van der Waals surface area contributed by atoms with E-state index in [1.54, 1.807) is 4.91 Å². The molecule has 0 aromatic heterocycles. The van der Waals surface area contributed by atoms with Crippen LogP contribution in [0.5, 0.6) is 0 Å². The van der Waals surface area contributed by atoms with Crippen LogP contribution in [0.1, 0.15) is 52.9 Å². The summed E-state index contributed by atoms with van der Waals surface area (Å²) >= 11 is 2.04. The van der Waals surface area contributed by atoms with Gasteiger partial charge in [-0.05, 0) is 62.8 Å². The van der Waals surface area contributed by atoms with E-state index >= 15 is 0 Å². The molecule has 0 spiro atoms. The molecular formula is C18H34N2S. The molecule has 1 N–H and O–H groups in total. The Morgan fingerprint density at radius 1 is 1.29 bits per heavy atom. The van der Waals surface area contributed by atoms with E-state index in [9.17, 15) is 0 Å². The fraction of sp³-hybridized carbons (Fsp3) is 0.778. The molecule has 0 aliphatic heterocycles. The summed E-state index contributed by atoms with van der Waals surface area (Å²) in [6, 6.07) is 0.716. The first-order chi connectivity index (χ1) is 10.3. The van der Waals surface area contributed by atoms with Gasteiger partial charge >= 0.3 is 0 Å². The average molecular weight is 311 g/mol. The lowest BCUT2D eigenvalue weighted by Gasteiger charge is -2.28. The standard InChI is InChI=1S/C18H34N2S/c1-4-14-20(17(3)5-2)15-13-19-12-9-16-21-18-10-7-6-8-11-18/h6-7,10,17,19H,4-5,8-9,11-16H2,1-3H3. The summed E-state index contributed by atoms with van der Waals surface area (Å²) in [6.07, 6.45) is 13.0. The molecule has 0 saturated carbocycles. The number of rotatable bonds is 12. The highest BCUT2D eigenvalue weighted by molar-refractivity contribution is 8.03. The van der Waals surface area contributed by atoms with Crippen molar-refractivity contribution in [2.75, 3.05) is 31.9 Å². The normalized spacial score (nSPS) is 16.3. The summed E-state index contributed by atoms with van der Waals surface area (Å²) in [5.41, 5.74) is 0. The topological polar surface area (TPSA) is 15.3 Å². The zero-order valence-electron chi connectivity index (χ0n) is 14.2. The Bertz CT molecular complexity index is 312. The molecule has 1 aliphatic carbocycles. The van der Waals surface area contributed by atoms with Gasteiger partial charge in [-0.2, -0.15) is 0 Å². The molecule has 0 aromatic rings. The van der Waals surface area contributed by atoms with Crippen LogP contribution in [0.4, 0.5) is 0 Å². The van der Waals surface area contributed by atoms with Gasteiger partial charge in [-0.15, -0.1) is 11.8 Å². The second kappa shape index (κ2) is 12.3. The number of hydrogen-bond acceptors (Lipinski definition) is 3. The van der Waals surface area contributed by atoms with Crippen LogP contribution in [0.15, 0.2) is 23.1 Å². The zero-order valence-corrected chi connectivity index (χ0v) is 15.1. The molecule has 1 atom stereocenters. The minimum Gasteiger partial charge on any atom is -0.315 e. The fourth-order valence-electron chi connectivity index (χ4n) is 2.55. The quantitative estimate of drug-likeness (QED) is 0.536. The van der Waals surface area contributed by atoms with Gasteiger partial charge < -0.3 is 5.32 Å². The molecule has 3 heteroatoms. The molecule has 0 bridgehead atoms. The summed E-state index contributed by atoms with van der Waals surface area (Å²) in [5, 5.41) is 3.60. The van der Waals surface area contributed by atoms with Crippen molar-refractivity contribution in [3.05, 3.63) is 23.1 Å². The molecule has 0 amide bonds. The second-order valence-electron chi connectivity index (χ2n) is 5.85. The van der Waals surface area contributed by atoms with Gasteiger partial charge in [0.05, 0.1) is 0 Å². The van der Waals surface area contributed by atoms with Crippen molar-refractivity contribution in [1.29, 1.82) is 0 Å². The summed E-state index contributed by atoms with van der Waals surface area (Å²) < 4.78 is 0. The van der Waals surface area contributed by atoms with Crippen molar-refractivity contribution in [2.24, 2.45) is 0 Å². The van der Waals surface area contributed by atoms with Crippen LogP contribution in [-0.2, 0) is 0 Å². The minimum atomic E-state index is 0.716. The molecule has 0 heterocycles. The number of hydrogen-bond donors (Lipinski definition) is 1. The minimum absolute atomic E-state index is 0.716. The van der Waals surface area contributed by atoms with Crippen LogP contribution in [0.3, 0.4) is 0 Å². The van der Waals surface area contributed by atoms with Crippen molar-refractivity contribution in [2.45, 2.75) is 58.9 Å². The van der Waals surface area contributed by atoms with Crippen molar-refractivity contribution in [3.8, 4) is 0 Å². The van der Waals surface area contributed by atoms with Gasteiger partial charge in [0.2, 0.25) is 0 Å². The van der Waals surface area contributed by atoms with Gasteiger partial charge in [-0.3, -0.25) is 4.90 Å². The maximum atomic E-state index is 3.60. The molecule has 1 aliphatic rings. The third kappa shape index (κ3) is 8.70. The Morgan fingerprint density at radius 2 is 2.14 bits per heavy atom. The smallest absolute Gasteiger partial charge is 0.0110 e. The van der Waals surface area contributed by atoms with E-state index in [0.717, 1.165) is 13.1 Å². The lowest BCUT2D eigenvalue weighted by Crippen LogP contribution is -2.38. The van der Waals surface area contributed by atoms with E-state index in [2.05, 4.69) is 49.2 Å². The van der Waals surface area contributed by atoms with Crippen LogP contribution < -0.4 is 5.32 Å². The van der Waals surface area contributed by atoms with E-state index in [1.165, 1.54) is 50.9 Å². The number of allylic oxidation sites excluding steroid dienone is 4. The lowest BCUT2D eigenvalue weighted by molar-refractivity contribution is 0.205. The monoisotopic (exact) mass is 310 g/mol. The van der Waals surface area contributed by atoms with Crippen molar-refractivity contribution in [3.63, 3.8) is 0 Å². The van der Waals surface area contributed by atoms with E-state index in [1.807, 2.05) is 11.8 Å². The van der Waals surface area contributed by atoms with Gasteiger partial charge in [0.1, 0.15) is 0 Å².